The van der Waals surface area contributed by atoms with Gasteiger partial charge in [-0.25, -0.2) is 13.1 Å². The molecular formula is C12H18N6O3S. The van der Waals surface area contributed by atoms with E-state index in [1.807, 2.05) is 12.1 Å². The third kappa shape index (κ3) is 3.51. The van der Waals surface area contributed by atoms with E-state index in [1.54, 1.807) is 4.52 Å². The van der Waals surface area contributed by atoms with Crippen molar-refractivity contribution in [2.75, 3.05) is 44.0 Å². The molecule has 3 rings (SSSR count). The summed E-state index contributed by atoms with van der Waals surface area (Å²) in [5.41, 5.74) is 0.645. The van der Waals surface area contributed by atoms with Crippen molar-refractivity contribution >= 4 is 21.5 Å². The van der Waals surface area contributed by atoms with Crippen LogP contribution >= 0.6 is 0 Å². The molecule has 0 radical (unpaired) electrons. The molecule has 2 aromatic heterocycles. The van der Waals surface area contributed by atoms with E-state index in [1.165, 1.54) is 0 Å². The molecule has 1 fully saturated rings. The summed E-state index contributed by atoms with van der Waals surface area (Å²) in [5, 5.41) is 12.7. The average Bonchev–Trinajstić information content (AvgIpc) is 2.89. The fourth-order valence-electron chi connectivity index (χ4n) is 2.29. The zero-order valence-electron chi connectivity index (χ0n) is 12.3. The van der Waals surface area contributed by atoms with Crippen LogP contribution in [0.3, 0.4) is 0 Å². The van der Waals surface area contributed by atoms with E-state index in [-0.39, 0.29) is 6.54 Å². The highest BCUT2D eigenvalue weighted by atomic mass is 32.2. The molecule has 9 nitrogen and oxygen atoms in total. The first-order chi connectivity index (χ1) is 10.5. The summed E-state index contributed by atoms with van der Waals surface area (Å²) in [6, 6.07) is 3.77. The van der Waals surface area contributed by atoms with Gasteiger partial charge in [-0.3, -0.25) is 0 Å². The van der Waals surface area contributed by atoms with Gasteiger partial charge in [-0.05, 0) is 12.1 Å². The summed E-state index contributed by atoms with van der Waals surface area (Å²) >= 11 is 0. The van der Waals surface area contributed by atoms with Gasteiger partial charge in [-0.2, -0.15) is 4.52 Å². The fraction of sp³-hybridized carbons (Fsp3) is 0.583. The van der Waals surface area contributed by atoms with Crippen LogP contribution in [0.25, 0.3) is 5.65 Å². The van der Waals surface area contributed by atoms with Crippen LogP contribution in [-0.4, -0.2) is 67.3 Å². The molecule has 120 valence electrons. The molecule has 0 unspecified atom stereocenters. The van der Waals surface area contributed by atoms with Crippen LogP contribution in [0.4, 0.5) is 5.82 Å². The predicted molar refractivity (Wildman–Crippen MR) is 80.4 cm³/mol. The van der Waals surface area contributed by atoms with Crippen LogP contribution in [0, 0.1) is 0 Å². The zero-order chi connectivity index (χ0) is 15.6. The minimum atomic E-state index is -3.21. The van der Waals surface area contributed by atoms with Gasteiger partial charge in [0.05, 0.1) is 19.5 Å². The van der Waals surface area contributed by atoms with Crippen LogP contribution in [0.5, 0.6) is 0 Å². The largest absolute Gasteiger partial charge is 0.378 e. The average molecular weight is 326 g/mol. The third-order valence-electron chi connectivity index (χ3n) is 3.36. The smallest absolute Gasteiger partial charge is 0.208 e. The Labute approximate surface area is 128 Å². The summed E-state index contributed by atoms with van der Waals surface area (Å²) < 4.78 is 31.6. The molecule has 0 saturated carbocycles. The van der Waals surface area contributed by atoms with E-state index in [4.69, 9.17) is 4.74 Å². The lowest BCUT2D eigenvalue weighted by molar-refractivity contribution is 0.122. The number of fused-ring (bicyclic) bond motifs is 1. The first kappa shape index (κ1) is 15.1. The number of nitrogens with one attached hydrogen (secondary N) is 1. The fourth-order valence-corrected chi connectivity index (χ4v) is 2.76. The number of ether oxygens (including phenoxy) is 1. The summed E-state index contributed by atoms with van der Waals surface area (Å²) in [5.74, 6) is 1.47. The third-order valence-corrected chi connectivity index (χ3v) is 4.09. The van der Waals surface area contributed by atoms with Crippen LogP contribution in [0.2, 0.25) is 0 Å². The molecule has 0 aromatic carbocycles. The summed E-state index contributed by atoms with van der Waals surface area (Å²) in [7, 11) is -3.21. The first-order valence-electron chi connectivity index (χ1n) is 7.01. The monoisotopic (exact) mass is 326 g/mol. The van der Waals surface area contributed by atoms with Crippen molar-refractivity contribution in [1.29, 1.82) is 0 Å². The maximum atomic E-state index is 11.1. The predicted octanol–water partition coefficient (Wildman–Crippen LogP) is -0.947. The quantitative estimate of drug-likeness (QED) is 0.756. The number of hydrogen-bond donors (Lipinski definition) is 1. The summed E-state index contributed by atoms with van der Waals surface area (Å²) in [4.78, 5) is 2.14. The first-order valence-corrected chi connectivity index (χ1v) is 8.91. The van der Waals surface area contributed by atoms with E-state index in [2.05, 4.69) is 24.9 Å². The van der Waals surface area contributed by atoms with Gasteiger partial charge in [-0.1, -0.05) is 0 Å². The Morgan fingerprint density at radius 1 is 1.27 bits per heavy atom. The molecule has 0 spiro atoms. The number of morpholine rings is 1. The van der Waals surface area contributed by atoms with Crippen molar-refractivity contribution in [3.8, 4) is 0 Å². The molecule has 0 atom stereocenters. The molecule has 10 heteroatoms. The second-order valence-electron chi connectivity index (χ2n) is 5.09. The highest BCUT2D eigenvalue weighted by molar-refractivity contribution is 7.88. The standard InChI is InChI=1S/C12H18N6O3S/c1-22(19,20)13-5-4-11-15-14-10-2-3-12(16-18(10)11)17-6-8-21-9-7-17/h2-3,13H,4-9H2,1H3. The number of nitrogens with zero attached hydrogens (tertiary/aromatic N) is 5. The molecule has 2 aromatic rings. The Balaban J connectivity index is 1.79. The number of rotatable bonds is 5. The zero-order valence-corrected chi connectivity index (χ0v) is 13.1. The topological polar surface area (TPSA) is 102 Å². The molecule has 22 heavy (non-hydrogen) atoms. The summed E-state index contributed by atoms with van der Waals surface area (Å²) in [6.07, 6.45) is 1.55. The van der Waals surface area contributed by atoms with Crippen LogP contribution in [-0.2, 0) is 21.2 Å². The van der Waals surface area contributed by atoms with Gasteiger partial charge in [0.25, 0.3) is 0 Å². The summed E-state index contributed by atoms with van der Waals surface area (Å²) in [6.45, 7) is 3.24. The Bertz CT molecular complexity index is 753. The second kappa shape index (κ2) is 6.15. The van der Waals surface area contributed by atoms with Crippen LogP contribution in [0.1, 0.15) is 5.82 Å². The van der Waals surface area contributed by atoms with Crippen molar-refractivity contribution in [3.63, 3.8) is 0 Å². The molecule has 1 aliphatic rings. The minimum Gasteiger partial charge on any atom is -0.378 e. The van der Waals surface area contributed by atoms with E-state index < -0.39 is 10.0 Å². The number of hydrogen-bond acceptors (Lipinski definition) is 7. The van der Waals surface area contributed by atoms with E-state index in [0.717, 1.165) is 25.2 Å². The van der Waals surface area contributed by atoms with Crippen molar-refractivity contribution in [2.45, 2.75) is 6.42 Å². The SMILES string of the molecule is CS(=O)(=O)NCCc1nnc2ccc(N3CCOCC3)nn12. The number of anilines is 1. The second-order valence-corrected chi connectivity index (χ2v) is 6.93. The maximum Gasteiger partial charge on any atom is 0.208 e. The number of sulfonamides is 1. The minimum absolute atomic E-state index is 0.267. The van der Waals surface area contributed by atoms with Gasteiger partial charge >= 0.3 is 0 Å². The molecule has 1 aliphatic heterocycles. The molecule has 0 bridgehead atoms. The van der Waals surface area contributed by atoms with Crippen molar-refractivity contribution < 1.29 is 13.2 Å². The Hall–Kier alpha value is -1.78. The molecule has 1 N–H and O–H groups in total. The van der Waals surface area contributed by atoms with Crippen molar-refractivity contribution in [3.05, 3.63) is 18.0 Å². The maximum absolute atomic E-state index is 11.1. The Kier molecular flexibility index (Phi) is 4.23. The van der Waals surface area contributed by atoms with Gasteiger partial charge in [0.15, 0.2) is 11.5 Å². The highest BCUT2D eigenvalue weighted by Gasteiger charge is 2.15. The Morgan fingerprint density at radius 3 is 2.77 bits per heavy atom. The van der Waals surface area contributed by atoms with E-state index in [9.17, 15) is 8.42 Å². The van der Waals surface area contributed by atoms with Gasteiger partial charge in [0, 0.05) is 26.1 Å². The highest BCUT2D eigenvalue weighted by Crippen LogP contribution is 2.14. The molecule has 0 amide bonds. The van der Waals surface area contributed by atoms with E-state index >= 15 is 0 Å². The Morgan fingerprint density at radius 2 is 2.05 bits per heavy atom. The van der Waals surface area contributed by atoms with Gasteiger partial charge < -0.3 is 9.64 Å². The lowest BCUT2D eigenvalue weighted by Crippen LogP contribution is -2.37. The lowest BCUT2D eigenvalue weighted by Gasteiger charge is -2.27. The van der Waals surface area contributed by atoms with E-state index in [0.29, 0.717) is 31.1 Å². The lowest BCUT2D eigenvalue weighted by atomic mass is 10.4. The normalized spacial score (nSPS) is 16.3. The number of aromatic nitrogens is 4. The van der Waals surface area contributed by atoms with Crippen LogP contribution < -0.4 is 9.62 Å². The van der Waals surface area contributed by atoms with Crippen molar-refractivity contribution in [1.82, 2.24) is 24.5 Å². The molecule has 3 heterocycles. The molecular weight excluding hydrogens is 308 g/mol. The van der Waals surface area contributed by atoms with Gasteiger partial charge in [0.2, 0.25) is 10.0 Å². The molecule has 1 saturated heterocycles. The van der Waals surface area contributed by atoms with Crippen molar-refractivity contribution in [2.24, 2.45) is 0 Å². The molecule has 0 aliphatic carbocycles. The van der Waals surface area contributed by atoms with Gasteiger partial charge in [-0.15, -0.1) is 15.3 Å². The van der Waals surface area contributed by atoms with Crippen LogP contribution in [0.15, 0.2) is 12.1 Å². The van der Waals surface area contributed by atoms with Gasteiger partial charge in [0.1, 0.15) is 5.82 Å².